The second-order valence-corrected chi connectivity index (χ2v) is 5.56. The first-order chi connectivity index (χ1) is 9.38. The van der Waals surface area contributed by atoms with E-state index in [0.717, 1.165) is 0 Å². The van der Waals surface area contributed by atoms with Gasteiger partial charge in [-0.15, -0.1) is 0 Å². The summed E-state index contributed by atoms with van der Waals surface area (Å²) >= 11 is 6.18. The lowest BCUT2D eigenvalue weighted by molar-refractivity contribution is -0.390. The van der Waals surface area contributed by atoms with Crippen LogP contribution in [0.4, 0.5) is 11.5 Å². The number of benzene rings is 1. The van der Waals surface area contributed by atoms with Gasteiger partial charge in [0.25, 0.3) is 5.69 Å². The molecule has 1 heterocycles. The van der Waals surface area contributed by atoms with Crippen LogP contribution in [0.5, 0.6) is 0 Å². The Kier molecular flexibility index (Phi) is 4.14. The molecule has 2 aromatic rings. The maximum atomic E-state index is 11.0. The van der Waals surface area contributed by atoms with Crippen molar-refractivity contribution in [3.63, 3.8) is 0 Å². The zero-order valence-electron chi connectivity index (χ0n) is 9.69. The van der Waals surface area contributed by atoms with Crippen molar-refractivity contribution in [2.45, 2.75) is 6.54 Å². The number of rotatable bonds is 4. The molecule has 104 valence electrons. The topological polar surface area (TPSA) is 104 Å². The Labute approximate surface area is 129 Å². The van der Waals surface area contributed by atoms with Gasteiger partial charge in [0, 0.05) is 10.5 Å². The first-order valence-corrected chi connectivity index (χ1v) is 6.77. The van der Waals surface area contributed by atoms with Crippen LogP contribution in [0.3, 0.4) is 0 Å². The zero-order valence-corrected chi connectivity index (χ0v) is 12.9. The number of nitro benzene ring substituents is 1. The van der Waals surface area contributed by atoms with Crippen LogP contribution in [0, 0.1) is 20.2 Å². The molecule has 1 aromatic carbocycles. The molecule has 0 spiro atoms. The summed E-state index contributed by atoms with van der Waals surface area (Å²) in [6, 6.07) is 4.61. The van der Waals surface area contributed by atoms with E-state index in [1.807, 2.05) is 0 Å². The van der Waals surface area contributed by atoms with Gasteiger partial charge < -0.3 is 10.1 Å². The second kappa shape index (κ2) is 5.67. The fourth-order valence-electron chi connectivity index (χ4n) is 1.61. The average molecular weight is 406 g/mol. The fourth-order valence-corrected chi connectivity index (χ4v) is 2.42. The minimum Gasteiger partial charge on any atom is -0.358 e. The van der Waals surface area contributed by atoms with E-state index in [2.05, 4.69) is 37.0 Å². The summed E-state index contributed by atoms with van der Waals surface area (Å²) in [7, 11) is 0. The number of halogens is 2. The van der Waals surface area contributed by atoms with Crippen molar-refractivity contribution < 1.29 is 9.85 Å². The van der Waals surface area contributed by atoms with E-state index in [1.165, 1.54) is 16.9 Å². The van der Waals surface area contributed by atoms with Crippen molar-refractivity contribution in [1.29, 1.82) is 0 Å². The third-order valence-corrected chi connectivity index (χ3v) is 3.50. The first-order valence-electron chi connectivity index (χ1n) is 5.18. The lowest BCUT2D eigenvalue weighted by atomic mass is 10.2. The largest absolute Gasteiger partial charge is 0.404 e. The minimum atomic E-state index is -0.628. The van der Waals surface area contributed by atoms with Gasteiger partial charge in [0.05, 0.1) is 28.3 Å². The van der Waals surface area contributed by atoms with Crippen molar-refractivity contribution in [2.75, 3.05) is 0 Å². The summed E-state index contributed by atoms with van der Waals surface area (Å²) in [6.45, 7) is 0.0655. The highest BCUT2D eigenvalue weighted by atomic mass is 79.9. The molecule has 0 radical (unpaired) electrons. The van der Waals surface area contributed by atoms with Gasteiger partial charge in [-0.05, 0) is 33.0 Å². The predicted molar refractivity (Wildman–Crippen MR) is 76.5 cm³/mol. The van der Waals surface area contributed by atoms with Crippen molar-refractivity contribution in [2.24, 2.45) is 0 Å². The summed E-state index contributed by atoms with van der Waals surface area (Å²) in [6.07, 6.45) is 1.41. The van der Waals surface area contributed by atoms with E-state index < -0.39 is 9.85 Å². The zero-order chi connectivity index (χ0) is 14.9. The van der Waals surface area contributed by atoms with Gasteiger partial charge in [0.1, 0.15) is 4.47 Å². The summed E-state index contributed by atoms with van der Waals surface area (Å²) < 4.78 is 2.08. The Morgan fingerprint density at radius 2 is 1.90 bits per heavy atom. The first kappa shape index (κ1) is 14.6. The molecule has 2 rings (SSSR count). The van der Waals surface area contributed by atoms with Gasteiger partial charge in [-0.1, -0.05) is 15.9 Å². The van der Waals surface area contributed by atoms with E-state index in [0.29, 0.717) is 10.0 Å². The van der Waals surface area contributed by atoms with Crippen LogP contribution in [-0.2, 0) is 6.54 Å². The number of nitro groups is 2. The van der Waals surface area contributed by atoms with Crippen molar-refractivity contribution in [3.8, 4) is 0 Å². The Morgan fingerprint density at radius 3 is 2.45 bits per heavy atom. The Morgan fingerprint density at radius 1 is 1.20 bits per heavy atom. The Balaban J connectivity index is 2.37. The molecule has 8 nitrogen and oxygen atoms in total. The molecule has 0 atom stereocenters. The Bertz CT molecular complexity index is 701. The third-order valence-electron chi connectivity index (χ3n) is 2.45. The highest BCUT2D eigenvalue weighted by molar-refractivity contribution is 9.10. The van der Waals surface area contributed by atoms with Crippen molar-refractivity contribution in [3.05, 3.63) is 59.1 Å². The maximum absolute atomic E-state index is 11.0. The number of nitrogens with zero attached hydrogens (tertiary/aromatic N) is 4. The van der Waals surface area contributed by atoms with Gasteiger partial charge in [-0.3, -0.25) is 10.1 Å². The predicted octanol–water partition coefficient (Wildman–Crippen LogP) is 3.27. The lowest BCUT2D eigenvalue weighted by Gasteiger charge is -2.01. The van der Waals surface area contributed by atoms with E-state index >= 15 is 0 Å². The summed E-state index contributed by atoms with van der Waals surface area (Å²) in [5.74, 6) is -0.329. The van der Waals surface area contributed by atoms with Crippen LogP contribution in [0.15, 0.2) is 33.3 Å². The highest BCUT2D eigenvalue weighted by Crippen LogP contribution is 2.26. The van der Waals surface area contributed by atoms with E-state index in [4.69, 9.17) is 0 Å². The Hall–Kier alpha value is -1.81. The van der Waals surface area contributed by atoms with Crippen LogP contribution in [0.2, 0.25) is 0 Å². The summed E-state index contributed by atoms with van der Waals surface area (Å²) in [5, 5.41) is 25.4. The van der Waals surface area contributed by atoms with Gasteiger partial charge >= 0.3 is 5.82 Å². The smallest absolute Gasteiger partial charge is 0.358 e. The van der Waals surface area contributed by atoms with Crippen molar-refractivity contribution >= 4 is 43.4 Å². The summed E-state index contributed by atoms with van der Waals surface area (Å²) in [4.78, 5) is 20.5. The lowest BCUT2D eigenvalue weighted by Crippen LogP contribution is -2.04. The molecule has 0 aliphatic heterocycles. The fraction of sp³-hybridized carbons (Fsp3) is 0.100. The van der Waals surface area contributed by atoms with Gasteiger partial charge in [0.15, 0.2) is 0 Å². The maximum Gasteiger partial charge on any atom is 0.404 e. The molecule has 0 fully saturated rings. The quantitative estimate of drug-likeness (QED) is 0.573. The molecule has 0 saturated carbocycles. The van der Waals surface area contributed by atoms with Crippen LogP contribution in [0.1, 0.15) is 5.56 Å². The molecule has 0 aliphatic rings. The summed E-state index contributed by atoms with van der Waals surface area (Å²) in [5.41, 5.74) is 0.330. The molecule has 0 unspecified atom stereocenters. The molecule has 0 amide bonds. The van der Waals surface area contributed by atoms with Gasteiger partial charge in [0.2, 0.25) is 0 Å². The monoisotopic (exact) mass is 404 g/mol. The van der Waals surface area contributed by atoms with Gasteiger partial charge in [-0.25, -0.2) is 0 Å². The molecule has 1 aromatic heterocycles. The second-order valence-electron chi connectivity index (χ2n) is 3.79. The highest BCUT2D eigenvalue weighted by Gasteiger charge is 2.21. The molecule has 10 heteroatoms. The van der Waals surface area contributed by atoms with Gasteiger partial charge in [-0.2, -0.15) is 4.68 Å². The third kappa shape index (κ3) is 3.02. The SMILES string of the molecule is O=[N+]([O-])c1cc(Br)ccc1Cn1cc(Br)c([N+](=O)[O-])n1. The van der Waals surface area contributed by atoms with E-state index in [9.17, 15) is 20.2 Å². The normalized spacial score (nSPS) is 10.5. The minimum absolute atomic E-state index is 0.0655. The number of hydrogen-bond donors (Lipinski definition) is 0. The molecule has 0 aliphatic carbocycles. The van der Waals surface area contributed by atoms with Crippen LogP contribution in [0.25, 0.3) is 0 Å². The average Bonchev–Trinajstić information content (AvgIpc) is 2.72. The molecular weight excluding hydrogens is 400 g/mol. The number of hydrogen-bond acceptors (Lipinski definition) is 5. The molecule has 0 N–H and O–H groups in total. The molecule has 0 bridgehead atoms. The van der Waals surface area contributed by atoms with Crippen LogP contribution < -0.4 is 0 Å². The molecular formula is C10H6Br2N4O4. The van der Waals surface area contributed by atoms with E-state index in [-0.39, 0.29) is 22.5 Å². The molecule has 0 saturated heterocycles. The molecule has 20 heavy (non-hydrogen) atoms. The number of aromatic nitrogens is 2. The van der Waals surface area contributed by atoms with Crippen molar-refractivity contribution in [1.82, 2.24) is 9.78 Å². The van der Waals surface area contributed by atoms with Crippen LogP contribution in [-0.4, -0.2) is 19.6 Å². The standard InChI is InChI=1S/C10H6Br2N4O4/c11-7-2-1-6(9(3-7)15(17)18)4-14-5-8(12)10(13-14)16(19)20/h1-3,5H,4H2. The van der Waals surface area contributed by atoms with E-state index in [1.54, 1.807) is 12.1 Å². The van der Waals surface area contributed by atoms with Crippen LogP contribution >= 0.6 is 31.9 Å².